The maximum absolute atomic E-state index is 13.0. The van der Waals surface area contributed by atoms with E-state index in [0.717, 1.165) is 31.2 Å². The zero-order valence-electron chi connectivity index (χ0n) is 14.3. The standard InChI is InChI=1S/C24H22O/c25-24-22(16-19-9-5-2-6-10-19)14-13-21-12-11-20(17-23(21)24)15-18-7-3-1-4-8-18/h1-12,17,22H,13-16H2/t22-/m1/s1. The molecule has 1 aliphatic carbocycles. The first-order valence-electron chi connectivity index (χ1n) is 9.03. The minimum absolute atomic E-state index is 0.113. The molecule has 0 saturated heterocycles. The number of rotatable bonds is 4. The van der Waals surface area contributed by atoms with Crippen LogP contribution in [0.3, 0.4) is 0 Å². The van der Waals surface area contributed by atoms with Gasteiger partial charge in [-0.25, -0.2) is 0 Å². The fourth-order valence-corrected chi connectivity index (χ4v) is 3.79. The van der Waals surface area contributed by atoms with E-state index in [4.69, 9.17) is 0 Å². The average Bonchev–Trinajstić information content (AvgIpc) is 2.66. The number of Topliss-reactive ketones (excluding diaryl/α,β-unsaturated/α-hetero) is 1. The lowest BCUT2D eigenvalue weighted by Crippen LogP contribution is -2.24. The van der Waals surface area contributed by atoms with Crippen LogP contribution in [0.4, 0.5) is 0 Å². The zero-order chi connectivity index (χ0) is 17.1. The summed E-state index contributed by atoms with van der Waals surface area (Å²) in [7, 11) is 0. The summed E-state index contributed by atoms with van der Waals surface area (Å²) in [4.78, 5) is 13.0. The Labute approximate surface area is 149 Å². The van der Waals surface area contributed by atoms with E-state index >= 15 is 0 Å². The number of aryl methyl sites for hydroxylation is 1. The molecule has 1 atom stereocenters. The van der Waals surface area contributed by atoms with E-state index in [9.17, 15) is 4.79 Å². The molecule has 0 unspecified atom stereocenters. The lowest BCUT2D eigenvalue weighted by molar-refractivity contribution is 0.0901. The molecule has 0 aliphatic heterocycles. The Morgan fingerprint density at radius 3 is 2.16 bits per heavy atom. The molecule has 0 saturated carbocycles. The van der Waals surface area contributed by atoms with Crippen molar-refractivity contribution in [2.75, 3.05) is 0 Å². The molecule has 0 heterocycles. The van der Waals surface area contributed by atoms with Crippen LogP contribution in [0.2, 0.25) is 0 Å². The summed E-state index contributed by atoms with van der Waals surface area (Å²) in [6.45, 7) is 0. The maximum atomic E-state index is 13.0. The molecule has 4 rings (SSSR count). The Hall–Kier alpha value is -2.67. The van der Waals surface area contributed by atoms with Gasteiger partial charge in [-0.2, -0.15) is 0 Å². The van der Waals surface area contributed by atoms with Crippen molar-refractivity contribution in [2.24, 2.45) is 5.92 Å². The average molecular weight is 326 g/mol. The fraction of sp³-hybridized carbons (Fsp3) is 0.208. The van der Waals surface area contributed by atoms with Gasteiger partial charge in [-0.1, -0.05) is 72.8 Å². The summed E-state index contributed by atoms with van der Waals surface area (Å²) < 4.78 is 0. The lowest BCUT2D eigenvalue weighted by atomic mass is 9.79. The van der Waals surface area contributed by atoms with E-state index in [1.807, 2.05) is 12.1 Å². The summed E-state index contributed by atoms with van der Waals surface area (Å²) >= 11 is 0. The van der Waals surface area contributed by atoms with Crippen molar-refractivity contribution in [3.8, 4) is 0 Å². The monoisotopic (exact) mass is 326 g/mol. The molecule has 0 aromatic heterocycles. The number of benzene rings is 3. The van der Waals surface area contributed by atoms with Gasteiger partial charge in [-0.05, 0) is 54.0 Å². The first-order valence-corrected chi connectivity index (χ1v) is 9.03. The minimum atomic E-state index is 0.113. The third-order valence-corrected chi connectivity index (χ3v) is 5.15. The molecule has 0 amide bonds. The predicted octanol–water partition coefficient (Wildman–Crippen LogP) is 5.27. The molecular weight excluding hydrogens is 304 g/mol. The molecule has 124 valence electrons. The van der Waals surface area contributed by atoms with Crippen LogP contribution in [0.1, 0.15) is 39.0 Å². The second-order valence-electron chi connectivity index (χ2n) is 6.94. The maximum Gasteiger partial charge on any atom is 0.166 e. The van der Waals surface area contributed by atoms with Crippen LogP contribution in [-0.4, -0.2) is 5.78 Å². The summed E-state index contributed by atoms with van der Waals surface area (Å²) in [6.07, 6.45) is 3.69. The van der Waals surface area contributed by atoms with Gasteiger partial charge in [0.25, 0.3) is 0 Å². The van der Waals surface area contributed by atoms with Gasteiger partial charge in [-0.3, -0.25) is 4.79 Å². The van der Waals surface area contributed by atoms with Gasteiger partial charge in [0.15, 0.2) is 5.78 Å². The van der Waals surface area contributed by atoms with E-state index in [1.54, 1.807) is 0 Å². The molecule has 0 spiro atoms. The predicted molar refractivity (Wildman–Crippen MR) is 102 cm³/mol. The van der Waals surface area contributed by atoms with Crippen LogP contribution < -0.4 is 0 Å². The quantitative estimate of drug-likeness (QED) is 0.639. The third kappa shape index (κ3) is 3.56. The van der Waals surface area contributed by atoms with Crippen LogP contribution in [0.5, 0.6) is 0 Å². The molecule has 1 heteroatoms. The van der Waals surface area contributed by atoms with E-state index in [1.165, 1.54) is 22.3 Å². The van der Waals surface area contributed by atoms with Crippen LogP contribution in [0.15, 0.2) is 78.9 Å². The van der Waals surface area contributed by atoms with E-state index in [2.05, 4.69) is 66.7 Å². The molecule has 3 aromatic carbocycles. The Morgan fingerprint density at radius 1 is 0.760 bits per heavy atom. The van der Waals surface area contributed by atoms with Crippen LogP contribution in [0.25, 0.3) is 0 Å². The summed E-state index contributed by atoms with van der Waals surface area (Å²) in [5.74, 6) is 0.432. The smallest absolute Gasteiger partial charge is 0.166 e. The van der Waals surface area contributed by atoms with Crippen molar-refractivity contribution in [1.82, 2.24) is 0 Å². The van der Waals surface area contributed by atoms with Gasteiger partial charge in [0, 0.05) is 11.5 Å². The van der Waals surface area contributed by atoms with Crippen molar-refractivity contribution in [3.63, 3.8) is 0 Å². The normalized spacial score (nSPS) is 16.5. The molecule has 25 heavy (non-hydrogen) atoms. The second kappa shape index (κ2) is 7.06. The highest BCUT2D eigenvalue weighted by Crippen LogP contribution is 2.29. The Kier molecular flexibility index (Phi) is 4.47. The van der Waals surface area contributed by atoms with Gasteiger partial charge < -0.3 is 0 Å². The summed E-state index contributed by atoms with van der Waals surface area (Å²) in [5.41, 5.74) is 5.92. The zero-order valence-corrected chi connectivity index (χ0v) is 14.3. The SMILES string of the molecule is O=C1c2cc(Cc3ccccc3)ccc2CC[C@@H]1Cc1ccccc1. The molecule has 3 aromatic rings. The number of fused-ring (bicyclic) bond motifs is 1. The highest BCUT2D eigenvalue weighted by Gasteiger charge is 2.27. The highest BCUT2D eigenvalue weighted by molar-refractivity contribution is 6.00. The van der Waals surface area contributed by atoms with Gasteiger partial charge in [0.1, 0.15) is 0 Å². The summed E-state index contributed by atoms with van der Waals surface area (Å²) in [6, 6.07) is 27.3. The molecule has 0 bridgehead atoms. The molecular formula is C24H22O. The first-order chi connectivity index (χ1) is 12.3. The topological polar surface area (TPSA) is 17.1 Å². The molecule has 1 aliphatic rings. The Balaban J connectivity index is 1.56. The molecule has 0 fully saturated rings. The summed E-state index contributed by atoms with van der Waals surface area (Å²) in [5, 5.41) is 0. The highest BCUT2D eigenvalue weighted by atomic mass is 16.1. The van der Waals surface area contributed by atoms with Crippen molar-refractivity contribution in [2.45, 2.75) is 25.7 Å². The molecule has 1 nitrogen and oxygen atoms in total. The van der Waals surface area contributed by atoms with Crippen LogP contribution >= 0.6 is 0 Å². The lowest BCUT2D eigenvalue weighted by Gasteiger charge is -2.24. The molecule has 0 N–H and O–H groups in total. The van der Waals surface area contributed by atoms with Crippen molar-refractivity contribution in [3.05, 3.63) is 107 Å². The van der Waals surface area contributed by atoms with Gasteiger partial charge in [0.2, 0.25) is 0 Å². The van der Waals surface area contributed by atoms with Crippen molar-refractivity contribution < 1.29 is 4.79 Å². The van der Waals surface area contributed by atoms with Gasteiger partial charge in [0.05, 0.1) is 0 Å². The largest absolute Gasteiger partial charge is 0.294 e. The van der Waals surface area contributed by atoms with Crippen molar-refractivity contribution in [1.29, 1.82) is 0 Å². The number of hydrogen-bond acceptors (Lipinski definition) is 1. The Morgan fingerprint density at radius 2 is 1.44 bits per heavy atom. The fourth-order valence-electron chi connectivity index (χ4n) is 3.79. The van der Waals surface area contributed by atoms with E-state index in [-0.39, 0.29) is 5.92 Å². The van der Waals surface area contributed by atoms with Gasteiger partial charge >= 0.3 is 0 Å². The number of ketones is 1. The van der Waals surface area contributed by atoms with Gasteiger partial charge in [-0.15, -0.1) is 0 Å². The number of hydrogen-bond donors (Lipinski definition) is 0. The second-order valence-corrected chi connectivity index (χ2v) is 6.94. The van der Waals surface area contributed by atoms with E-state index in [0.29, 0.717) is 5.78 Å². The van der Waals surface area contributed by atoms with Crippen LogP contribution in [0, 0.1) is 5.92 Å². The minimum Gasteiger partial charge on any atom is -0.294 e. The molecule has 0 radical (unpaired) electrons. The Bertz CT molecular complexity index is 865. The van der Waals surface area contributed by atoms with Crippen molar-refractivity contribution >= 4 is 5.78 Å². The van der Waals surface area contributed by atoms with Crippen LogP contribution in [-0.2, 0) is 19.3 Å². The van der Waals surface area contributed by atoms with E-state index < -0.39 is 0 Å². The number of carbonyl (C=O) groups is 1. The third-order valence-electron chi connectivity index (χ3n) is 5.15. The first kappa shape index (κ1) is 15.8. The number of carbonyl (C=O) groups excluding carboxylic acids is 1.